The van der Waals surface area contributed by atoms with Crippen molar-refractivity contribution in [2.75, 3.05) is 12.4 Å². The topological polar surface area (TPSA) is 35.2 Å². The minimum absolute atomic E-state index is 0.235. The summed E-state index contributed by atoms with van der Waals surface area (Å²) in [5.41, 5.74) is 6.74. The fraction of sp³-hybridized carbons (Fsp3) is 1.00. The Morgan fingerprint density at radius 1 is 1.11 bits per heavy atom. The van der Waals surface area contributed by atoms with E-state index in [9.17, 15) is 0 Å². The third-order valence-electron chi connectivity index (χ3n) is 5.48. The van der Waals surface area contributed by atoms with Gasteiger partial charge in [0.2, 0.25) is 0 Å². The average Bonchev–Trinajstić information content (AvgIpc) is 3.08. The molecule has 2 nitrogen and oxygen atoms in total. The quantitative estimate of drug-likeness (QED) is 0.854. The Labute approximate surface area is 122 Å². The lowest BCUT2D eigenvalue weighted by Gasteiger charge is -2.40. The van der Waals surface area contributed by atoms with E-state index in [2.05, 4.69) is 11.8 Å². The Kier molecular flexibility index (Phi) is 4.76. The summed E-state index contributed by atoms with van der Waals surface area (Å²) in [6, 6.07) is 0.395. The first-order valence-corrected chi connectivity index (χ1v) is 9.33. The van der Waals surface area contributed by atoms with Gasteiger partial charge in [-0.1, -0.05) is 25.7 Å². The monoisotopic (exact) mass is 283 g/mol. The predicted octanol–water partition coefficient (Wildman–Crippen LogP) is 3.73. The minimum atomic E-state index is 0.235. The Morgan fingerprint density at radius 3 is 2.58 bits per heavy atom. The van der Waals surface area contributed by atoms with Crippen molar-refractivity contribution in [2.45, 2.75) is 81.1 Å². The molecule has 2 saturated carbocycles. The van der Waals surface area contributed by atoms with Crippen LogP contribution >= 0.6 is 11.8 Å². The highest BCUT2D eigenvalue weighted by atomic mass is 32.2. The average molecular weight is 283 g/mol. The van der Waals surface area contributed by atoms with Gasteiger partial charge in [-0.3, -0.25) is 0 Å². The van der Waals surface area contributed by atoms with E-state index in [1.165, 1.54) is 70.0 Å². The molecule has 2 aliphatic carbocycles. The first-order valence-electron chi connectivity index (χ1n) is 8.29. The number of hydrogen-bond donors (Lipinski definition) is 1. The number of ether oxygens (including phenoxy) is 1. The van der Waals surface area contributed by atoms with Crippen LogP contribution in [0.1, 0.15) is 64.2 Å². The largest absolute Gasteiger partial charge is 0.375 e. The number of rotatable bonds is 4. The van der Waals surface area contributed by atoms with Crippen molar-refractivity contribution in [3.05, 3.63) is 0 Å². The van der Waals surface area contributed by atoms with Gasteiger partial charge in [-0.05, 0) is 44.4 Å². The van der Waals surface area contributed by atoms with Gasteiger partial charge in [-0.2, -0.15) is 11.8 Å². The fourth-order valence-corrected chi connectivity index (χ4v) is 5.67. The molecule has 0 aromatic heterocycles. The lowest BCUT2D eigenvalue weighted by atomic mass is 9.81. The summed E-state index contributed by atoms with van der Waals surface area (Å²) in [5, 5.41) is 0.909. The predicted molar refractivity (Wildman–Crippen MR) is 82.6 cm³/mol. The summed E-state index contributed by atoms with van der Waals surface area (Å²) in [7, 11) is 0. The maximum Gasteiger partial charge on any atom is 0.0685 e. The molecule has 1 heterocycles. The summed E-state index contributed by atoms with van der Waals surface area (Å²) >= 11 is 2.15. The van der Waals surface area contributed by atoms with Crippen LogP contribution in [0.2, 0.25) is 0 Å². The van der Waals surface area contributed by atoms with Gasteiger partial charge in [-0.25, -0.2) is 0 Å². The van der Waals surface area contributed by atoms with Gasteiger partial charge in [0.25, 0.3) is 0 Å². The fourth-order valence-electron chi connectivity index (χ4n) is 4.24. The molecule has 3 heteroatoms. The molecule has 3 aliphatic rings. The second kappa shape index (κ2) is 6.36. The van der Waals surface area contributed by atoms with Crippen molar-refractivity contribution in [1.82, 2.24) is 0 Å². The van der Waals surface area contributed by atoms with E-state index in [4.69, 9.17) is 10.5 Å². The zero-order valence-corrected chi connectivity index (χ0v) is 12.9. The van der Waals surface area contributed by atoms with Gasteiger partial charge < -0.3 is 10.5 Å². The Morgan fingerprint density at radius 2 is 1.84 bits per heavy atom. The first kappa shape index (κ1) is 14.2. The molecule has 0 aromatic rings. The maximum absolute atomic E-state index is 6.50. The Balaban J connectivity index is 1.47. The second-order valence-electron chi connectivity index (χ2n) is 6.90. The summed E-state index contributed by atoms with van der Waals surface area (Å²) in [4.78, 5) is 0. The molecule has 0 aromatic carbocycles. The normalized spacial score (nSPS) is 33.0. The van der Waals surface area contributed by atoms with Crippen molar-refractivity contribution < 1.29 is 4.74 Å². The summed E-state index contributed by atoms with van der Waals surface area (Å²) in [6.45, 7) is 0.951. The van der Waals surface area contributed by atoms with Crippen LogP contribution in [0.5, 0.6) is 0 Å². The van der Waals surface area contributed by atoms with Crippen LogP contribution in [0, 0.1) is 5.92 Å². The van der Waals surface area contributed by atoms with E-state index < -0.39 is 0 Å². The molecule has 1 aliphatic heterocycles. The van der Waals surface area contributed by atoms with Gasteiger partial charge in [0, 0.05) is 23.7 Å². The van der Waals surface area contributed by atoms with E-state index in [1.807, 2.05) is 0 Å². The zero-order chi connectivity index (χ0) is 13.1. The summed E-state index contributed by atoms with van der Waals surface area (Å²) in [5.74, 6) is 1.88. The number of thioether (sulfide) groups is 1. The van der Waals surface area contributed by atoms with Gasteiger partial charge in [-0.15, -0.1) is 0 Å². The lowest BCUT2D eigenvalue weighted by Crippen LogP contribution is -2.44. The molecule has 1 spiro atoms. The summed E-state index contributed by atoms with van der Waals surface area (Å²) in [6.07, 6.45) is 13.4. The SMILES string of the molecule is NC(CSC1CCCC1)C1CCOC2(CCCC2)C1. The lowest BCUT2D eigenvalue weighted by molar-refractivity contribution is -0.0951. The van der Waals surface area contributed by atoms with Gasteiger partial charge in [0.1, 0.15) is 0 Å². The Bertz CT molecular complexity index is 284. The number of nitrogens with two attached hydrogens (primary N) is 1. The zero-order valence-electron chi connectivity index (χ0n) is 12.1. The van der Waals surface area contributed by atoms with E-state index in [0.29, 0.717) is 12.0 Å². The third-order valence-corrected chi connectivity index (χ3v) is 7.00. The van der Waals surface area contributed by atoms with Crippen LogP contribution < -0.4 is 5.73 Å². The smallest absolute Gasteiger partial charge is 0.0685 e. The molecular formula is C16H29NOS. The highest BCUT2D eigenvalue weighted by Crippen LogP contribution is 2.43. The number of hydrogen-bond acceptors (Lipinski definition) is 3. The molecule has 2 N–H and O–H groups in total. The van der Waals surface area contributed by atoms with Crippen LogP contribution in [0.4, 0.5) is 0 Å². The van der Waals surface area contributed by atoms with Crippen molar-refractivity contribution in [3.63, 3.8) is 0 Å². The molecule has 110 valence electrons. The molecule has 2 unspecified atom stereocenters. The molecular weight excluding hydrogens is 254 g/mol. The van der Waals surface area contributed by atoms with Crippen LogP contribution in [-0.2, 0) is 4.74 Å². The van der Waals surface area contributed by atoms with Crippen molar-refractivity contribution >= 4 is 11.8 Å². The first-order chi connectivity index (χ1) is 9.27. The van der Waals surface area contributed by atoms with E-state index in [0.717, 1.165) is 11.9 Å². The Hall–Kier alpha value is 0.270. The summed E-state index contributed by atoms with van der Waals surface area (Å²) < 4.78 is 6.12. The molecule has 3 fully saturated rings. The van der Waals surface area contributed by atoms with E-state index in [-0.39, 0.29) is 5.60 Å². The van der Waals surface area contributed by atoms with Crippen LogP contribution in [0.15, 0.2) is 0 Å². The standard InChI is InChI=1S/C16H29NOS/c17-15(12-19-14-5-1-2-6-14)13-7-10-18-16(11-13)8-3-4-9-16/h13-15H,1-12,17H2. The van der Waals surface area contributed by atoms with Gasteiger partial charge in [0.05, 0.1) is 5.60 Å². The molecule has 19 heavy (non-hydrogen) atoms. The molecule has 0 bridgehead atoms. The van der Waals surface area contributed by atoms with Crippen molar-refractivity contribution in [3.8, 4) is 0 Å². The van der Waals surface area contributed by atoms with Crippen molar-refractivity contribution in [2.24, 2.45) is 11.7 Å². The van der Waals surface area contributed by atoms with Crippen LogP contribution in [-0.4, -0.2) is 29.3 Å². The molecule has 0 radical (unpaired) electrons. The molecule has 2 atom stereocenters. The van der Waals surface area contributed by atoms with E-state index >= 15 is 0 Å². The van der Waals surface area contributed by atoms with Crippen molar-refractivity contribution in [1.29, 1.82) is 0 Å². The molecule has 3 rings (SSSR count). The second-order valence-corrected chi connectivity index (χ2v) is 8.23. The molecule has 1 saturated heterocycles. The highest BCUT2D eigenvalue weighted by Gasteiger charge is 2.41. The van der Waals surface area contributed by atoms with E-state index in [1.54, 1.807) is 0 Å². The third kappa shape index (κ3) is 3.48. The van der Waals surface area contributed by atoms with Crippen LogP contribution in [0.25, 0.3) is 0 Å². The van der Waals surface area contributed by atoms with Crippen LogP contribution in [0.3, 0.4) is 0 Å². The maximum atomic E-state index is 6.50. The van der Waals surface area contributed by atoms with Gasteiger partial charge >= 0.3 is 0 Å². The van der Waals surface area contributed by atoms with Gasteiger partial charge in [0.15, 0.2) is 0 Å². The highest BCUT2D eigenvalue weighted by molar-refractivity contribution is 7.99. The molecule has 0 amide bonds. The minimum Gasteiger partial charge on any atom is -0.375 e.